The second-order valence-electron chi connectivity index (χ2n) is 14.8. The maximum atomic E-state index is 2.58. The molecule has 2 heteroatoms. The van der Waals surface area contributed by atoms with Crippen LogP contribution in [0, 0.1) is 0 Å². The highest BCUT2D eigenvalue weighted by atomic mass is 15.2. The average molecular weight is 733 g/mol. The fraction of sp³-hybridized carbons (Fsp3) is 0.0545. The van der Waals surface area contributed by atoms with Gasteiger partial charge in [-0.3, -0.25) is 0 Å². The van der Waals surface area contributed by atoms with Gasteiger partial charge in [0, 0.05) is 22.5 Å². The fourth-order valence-corrected chi connectivity index (χ4v) is 8.16. The number of rotatable bonds is 10. The van der Waals surface area contributed by atoms with Gasteiger partial charge < -0.3 is 9.80 Å². The second kappa shape index (κ2) is 15.9. The van der Waals surface area contributed by atoms with Gasteiger partial charge in [-0.15, -0.1) is 0 Å². The van der Waals surface area contributed by atoms with E-state index >= 15 is 0 Å². The molecule has 0 heterocycles. The third-order valence-electron chi connectivity index (χ3n) is 11.0. The molecule has 57 heavy (non-hydrogen) atoms. The van der Waals surface area contributed by atoms with Crippen molar-refractivity contribution in [3.05, 3.63) is 242 Å². The van der Waals surface area contributed by atoms with Crippen molar-refractivity contribution < 1.29 is 0 Å². The Morgan fingerprint density at radius 2 is 0.789 bits per heavy atom. The van der Waals surface area contributed by atoms with E-state index in [1.807, 2.05) is 0 Å². The Hall–Kier alpha value is -7.16. The normalized spacial score (nSPS) is 14.8. The summed E-state index contributed by atoms with van der Waals surface area (Å²) in [5.41, 5.74) is 14.7. The van der Waals surface area contributed by atoms with Crippen molar-refractivity contribution in [2.75, 3.05) is 9.80 Å². The predicted octanol–water partition coefficient (Wildman–Crippen LogP) is 15.1. The molecular weight excluding hydrogens is 689 g/mol. The SMILES string of the molecule is CC1(N(c2ccccc2-c2ccccc2)c2ccccc2N(c2ccc(-c3ccccc3)cc2)c2ccccc2-c2ccccc2)C=CC(c2ccccc2)=CC1. The molecule has 8 aromatic rings. The molecule has 8 aromatic carbocycles. The summed E-state index contributed by atoms with van der Waals surface area (Å²) in [5, 5.41) is 0. The van der Waals surface area contributed by atoms with E-state index < -0.39 is 5.54 Å². The van der Waals surface area contributed by atoms with E-state index in [9.17, 15) is 0 Å². The number of hydrogen-bond donors (Lipinski definition) is 0. The molecule has 0 bridgehead atoms. The zero-order valence-electron chi connectivity index (χ0n) is 32.1. The number of anilines is 5. The summed E-state index contributed by atoms with van der Waals surface area (Å²) >= 11 is 0. The van der Waals surface area contributed by atoms with E-state index in [0.29, 0.717) is 0 Å². The van der Waals surface area contributed by atoms with Crippen molar-refractivity contribution in [1.29, 1.82) is 0 Å². The molecule has 274 valence electrons. The molecule has 0 fully saturated rings. The molecule has 1 aliphatic carbocycles. The molecule has 1 unspecified atom stereocenters. The van der Waals surface area contributed by atoms with E-state index in [-0.39, 0.29) is 0 Å². The molecule has 2 nitrogen and oxygen atoms in total. The summed E-state index contributed by atoms with van der Waals surface area (Å²) in [5.74, 6) is 0. The minimum Gasteiger partial charge on any atom is -0.329 e. The van der Waals surface area contributed by atoms with Crippen LogP contribution < -0.4 is 9.80 Å². The molecular formula is C55H44N2. The standard InChI is InChI=1S/C55H44N2/c1-55(40-38-45(39-41-55)43-22-8-3-9-23-43)57(52-31-17-15-29-50(52)47-26-12-5-13-27-47)54-33-19-18-32-53(54)56(48-36-34-44(35-37-48)42-20-6-2-7-21-42)51-30-16-14-28-49(51)46-24-10-4-11-25-46/h2-40H,41H2,1H3. The maximum Gasteiger partial charge on any atom is 0.0699 e. The summed E-state index contributed by atoms with van der Waals surface area (Å²) in [7, 11) is 0. The van der Waals surface area contributed by atoms with Crippen LogP contribution >= 0.6 is 0 Å². The van der Waals surface area contributed by atoms with Crippen LogP contribution in [-0.4, -0.2) is 5.54 Å². The van der Waals surface area contributed by atoms with E-state index in [4.69, 9.17) is 0 Å². The van der Waals surface area contributed by atoms with Gasteiger partial charge >= 0.3 is 0 Å². The highest BCUT2D eigenvalue weighted by Gasteiger charge is 2.36. The number of benzene rings is 8. The van der Waals surface area contributed by atoms with Gasteiger partial charge in [-0.2, -0.15) is 0 Å². The minimum absolute atomic E-state index is 0.416. The smallest absolute Gasteiger partial charge is 0.0699 e. The van der Waals surface area contributed by atoms with E-state index in [1.54, 1.807) is 0 Å². The third kappa shape index (κ3) is 7.22. The first-order valence-electron chi connectivity index (χ1n) is 19.7. The van der Waals surface area contributed by atoms with Crippen LogP contribution in [0.4, 0.5) is 28.4 Å². The molecule has 9 rings (SSSR count). The molecule has 0 aromatic heterocycles. The highest BCUT2D eigenvalue weighted by molar-refractivity contribution is 5.96. The van der Waals surface area contributed by atoms with Gasteiger partial charge in [-0.25, -0.2) is 0 Å². The van der Waals surface area contributed by atoms with Crippen molar-refractivity contribution in [2.24, 2.45) is 0 Å². The minimum atomic E-state index is -0.416. The van der Waals surface area contributed by atoms with Crippen LogP contribution in [0.3, 0.4) is 0 Å². The molecule has 1 atom stereocenters. The van der Waals surface area contributed by atoms with Crippen molar-refractivity contribution in [3.63, 3.8) is 0 Å². The van der Waals surface area contributed by atoms with Gasteiger partial charge in [0.2, 0.25) is 0 Å². The predicted molar refractivity (Wildman–Crippen MR) is 243 cm³/mol. The Morgan fingerprint density at radius 3 is 1.33 bits per heavy atom. The summed E-state index contributed by atoms with van der Waals surface area (Å²) in [6.45, 7) is 2.37. The monoisotopic (exact) mass is 732 g/mol. The summed E-state index contributed by atoms with van der Waals surface area (Å²) in [6.07, 6.45) is 7.94. The van der Waals surface area contributed by atoms with Gasteiger partial charge in [-0.05, 0) is 83.1 Å². The third-order valence-corrected chi connectivity index (χ3v) is 11.0. The number of allylic oxidation sites excluding steroid dienone is 2. The lowest BCUT2D eigenvalue weighted by Crippen LogP contribution is -2.43. The van der Waals surface area contributed by atoms with Crippen molar-refractivity contribution in [2.45, 2.75) is 18.9 Å². The molecule has 0 saturated heterocycles. The second-order valence-corrected chi connectivity index (χ2v) is 14.8. The first-order valence-corrected chi connectivity index (χ1v) is 19.7. The lowest BCUT2D eigenvalue weighted by molar-refractivity contribution is 0.572. The number of nitrogens with zero attached hydrogens (tertiary/aromatic N) is 2. The summed E-state index contributed by atoms with van der Waals surface area (Å²) < 4.78 is 0. The van der Waals surface area contributed by atoms with E-state index in [0.717, 1.165) is 40.4 Å². The number of para-hydroxylation sites is 4. The van der Waals surface area contributed by atoms with Gasteiger partial charge in [0.25, 0.3) is 0 Å². The van der Waals surface area contributed by atoms with Crippen LogP contribution in [0.2, 0.25) is 0 Å². The van der Waals surface area contributed by atoms with Crippen molar-refractivity contribution in [3.8, 4) is 33.4 Å². The van der Waals surface area contributed by atoms with Gasteiger partial charge in [0.15, 0.2) is 0 Å². The molecule has 0 amide bonds. The van der Waals surface area contributed by atoms with Gasteiger partial charge in [0.1, 0.15) is 0 Å². The Balaban J connectivity index is 1.27. The average Bonchev–Trinajstić information content (AvgIpc) is 3.29. The maximum absolute atomic E-state index is 2.58. The Morgan fingerprint density at radius 1 is 0.368 bits per heavy atom. The lowest BCUT2D eigenvalue weighted by atomic mass is 9.85. The lowest BCUT2D eigenvalue weighted by Gasteiger charge is -2.45. The fourth-order valence-electron chi connectivity index (χ4n) is 8.16. The van der Waals surface area contributed by atoms with Gasteiger partial charge in [-0.1, -0.05) is 200 Å². The summed E-state index contributed by atoms with van der Waals surface area (Å²) in [4.78, 5) is 5.03. The molecule has 0 radical (unpaired) electrons. The highest BCUT2D eigenvalue weighted by Crippen LogP contribution is 2.50. The quantitative estimate of drug-likeness (QED) is 0.138. The van der Waals surface area contributed by atoms with E-state index in [1.165, 1.54) is 39.0 Å². The topological polar surface area (TPSA) is 6.48 Å². The van der Waals surface area contributed by atoms with Crippen LogP contribution in [0.1, 0.15) is 18.9 Å². The van der Waals surface area contributed by atoms with Gasteiger partial charge in [0.05, 0.1) is 22.6 Å². The van der Waals surface area contributed by atoms with Crippen LogP contribution in [0.15, 0.2) is 237 Å². The molecule has 0 N–H and O–H groups in total. The molecule has 1 aliphatic rings. The van der Waals surface area contributed by atoms with Crippen LogP contribution in [0.5, 0.6) is 0 Å². The van der Waals surface area contributed by atoms with Crippen molar-refractivity contribution in [1.82, 2.24) is 0 Å². The first kappa shape index (κ1) is 35.5. The first-order chi connectivity index (χ1) is 28.2. The van der Waals surface area contributed by atoms with Crippen LogP contribution in [0.25, 0.3) is 39.0 Å². The molecule has 0 spiro atoms. The Bertz CT molecular complexity index is 2650. The van der Waals surface area contributed by atoms with E-state index in [2.05, 4.69) is 253 Å². The summed E-state index contributed by atoms with van der Waals surface area (Å²) in [6, 6.07) is 78.4. The Kier molecular flexibility index (Phi) is 9.91. The zero-order valence-corrected chi connectivity index (χ0v) is 32.1. The van der Waals surface area contributed by atoms with Crippen LogP contribution in [-0.2, 0) is 0 Å². The largest absolute Gasteiger partial charge is 0.329 e. The molecule has 0 aliphatic heterocycles. The zero-order chi connectivity index (χ0) is 38.4. The number of hydrogen-bond acceptors (Lipinski definition) is 2. The Labute approximate surface area is 337 Å². The molecule has 0 saturated carbocycles. The van der Waals surface area contributed by atoms with Crippen molar-refractivity contribution >= 4 is 34.0 Å².